The zero-order valence-corrected chi connectivity index (χ0v) is 23.7. The average molecular weight is 535 g/mol. The lowest BCUT2D eigenvalue weighted by atomic mass is 9.79. The highest BCUT2D eigenvalue weighted by molar-refractivity contribution is 5.99. The number of benzene rings is 1. The molecule has 3 heterocycles. The van der Waals surface area contributed by atoms with Gasteiger partial charge in [-0.25, -0.2) is 4.79 Å². The summed E-state index contributed by atoms with van der Waals surface area (Å²) in [6.07, 6.45) is 12.1. The molecule has 1 N–H and O–H groups in total. The molecule has 3 atom stereocenters. The van der Waals surface area contributed by atoms with Crippen LogP contribution < -0.4 is 9.64 Å². The van der Waals surface area contributed by atoms with Crippen LogP contribution >= 0.6 is 0 Å². The standard InChI is InChI=1S/C31H42N4O4/c1-19-8-11-25-26(35(19)29(36)20-9-10-20)13-12-24(28(25)39-23-6-5-7-23)21-17-32-34(18-21)22-14-15-33(30(37)38)27(16-22)31(2,3)4/h12-13,17-20,22-23,27H,5-11,14-16H2,1-4H3,(H,37,38)/t19?,22?,27-/m0/s1. The van der Waals surface area contributed by atoms with Crippen molar-refractivity contribution in [3.8, 4) is 16.9 Å². The Hall–Kier alpha value is -3.03. The number of carboxylic acid groups (broad SMARTS) is 1. The Morgan fingerprint density at radius 3 is 2.49 bits per heavy atom. The van der Waals surface area contributed by atoms with Gasteiger partial charge < -0.3 is 19.6 Å². The molecule has 1 aromatic heterocycles. The summed E-state index contributed by atoms with van der Waals surface area (Å²) in [7, 11) is 0. The van der Waals surface area contributed by atoms with Crippen molar-refractivity contribution in [1.82, 2.24) is 14.7 Å². The van der Waals surface area contributed by atoms with Crippen LogP contribution in [0, 0.1) is 11.3 Å². The third kappa shape index (κ3) is 4.91. The molecule has 0 radical (unpaired) electrons. The third-order valence-electron chi connectivity index (χ3n) is 9.36. The number of piperidine rings is 1. The van der Waals surface area contributed by atoms with E-state index in [1.807, 2.05) is 15.8 Å². The van der Waals surface area contributed by atoms with Crippen molar-refractivity contribution in [2.24, 2.45) is 11.3 Å². The Bertz CT molecular complexity index is 1260. The maximum Gasteiger partial charge on any atom is 0.407 e. The van der Waals surface area contributed by atoms with Crippen molar-refractivity contribution < 1.29 is 19.4 Å². The highest BCUT2D eigenvalue weighted by Gasteiger charge is 2.41. The molecule has 8 nitrogen and oxygen atoms in total. The molecule has 2 saturated carbocycles. The molecule has 8 heteroatoms. The molecule has 2 unspecified atom stereocenters. The first kappa shape index (κ1) is 26.2. The molecule has 210 valence electrons. The molecule has 6 rings (SSSR count). The molecule has 2 aliphatic carbocycles. The van der Waals surface area contributed by atoms with Crippen LogP contribution in [0.5, 0.6) is 5.75 Å². The number of hydrogen-bond donors (Lipinski definition) is 1. The first-order valence-corrected chi connectivity index (χ1v) is 14.8. The molecule has 4 aliphatic rings. The fourth-order valence-corrected chi connectivity index (χ4v) is 6.60. The van der Waals surface area contributed by atoms with E-state index in [1.165, 1.54) is 6.42 Å². The van der Waals surface area contributed by atoms with Crippen molar-refractivity contribution in [1.29, 1.82) is 0 Å². The number of hydrogen-bond acceptors (Lipinski definition) is 4. The fraction of sp³-hybridized carbons (Fsp3) is 0.645. The molecule has 39 heavy (non-hydrogen) atoms. The maximum absolute atomic E-state index is 13.3. The number of amides is 2. The summed E-state index contributed by atoms with van der Waals surface area (Å²) >= 11 is 0. The van der Waals surface area contributed by atoms with E-state index in [9.17, 15) is 14.7 Å². The Kier molecular flexibility index (Phi) is 6.63. The highest BCUT2D eigenvalue weighted by Crippen LogP contribution is 2.46. The summed E-state index contributed by atoms with van der Waals surface area (Å²) in [5, 5.41) is 14.6. The molecule has 2 aliphatic heterocycles. The van der Waals surface area contributed by atoms with E-state index in [0.29, 0.717) is 6.54 Å². The Morgan fingerprint density at radius 2 is 1.85 bits per heavy atom. The predicted molar refractivity (Wildman–Crippen MR) is 150 cm³/mol. The SMILES string of the molecule is CC1CCc2c(ccc(-c3cnn(C4CCN(C(=O)O)[C@H](C(C)(C)C)C4)c3)c2OC2CCC2)N1C(=O)C1CC1. The van der Waals surface area contributed by atoms with Crippen molar-refractivity contribution in [2.45, 2.75) is 110 Å². The zero-order chi connectivity index (χ0) is 27.5. The normalized spacial score (nSPS) is 25.7. The van der Waals surface area contributed by atoms with Gasteiger partial charge in [-0.05, 0) is 82.3 Å². The summed E-state index contributed by atoms with van der Waals surface area (Å²) in [6.45, 7) is 9.00. The third-order valence-corrected chi connectivity index (χ3v) is 9.36. The Labute approximate surface area is 231 Å². The molecular weight excluding hydrogens is 492 g/mol. The molecule has 3 fully saturated rings. The second kappa shape index (κ2) is 9.86. The van der Waals surface area contributed by atoms with E-state index < -0.39 is 6.09 Å². The average Bonchev–Trinajstić information content (AvgIpc) is 3.61. The second-order valence-corrected chi connectivity index (χ2v) is 13.2. The number of rotatable bonds is 5. The van der Waals surface area contributed by atoms with Crippen LogP contribution in [0.2, 0.25) is 0 Å². The van der Waals surface area contributed by atoms with E-state index in [2.05, 4.69) is 46.0 Å². The molecule has 1 aromatic carbocycles. The van der Waals surface area contributed by atoms with Gasteiger partial charge in [0.2, 0.25) is 5.91 Å². The summed E-state index contributed by atoms with van der Waals surface area (Å²) in [5.74, 6) is 1.36. The van der Waals surface area contributed by atoms with Gasteiger partial charge in [0.25, 0.3) is 0 Å². The van der Waals surface area contributed by atoms with Crippen LogP contribution in [0.4, 0.5) is 10.5 Å². The van der Waals surface area contributed by atoms with Crippen LogP contribution in [0.15, 0.2) is 24.5 Å². The van der Waals surface area contributed by atoms with Gasteiger partial charge in [0.15, 0.2) is 0 Å². The van der Waals surface area contributed by atoms with Crippen LogP contribution in [0.3, 0.4) is 0 Å². The van der Waals surface area contributed by atoms with Crippen molar-refractivity contribution >= 4 is 17.7 Å². The number of nitrogens with zero attached hydrogens (tertiary/aromatic N) is 4. The molecule has 2 aromatic rings. The topological polar surface area (TPSA) is 87.9 Å². The highest BCUT2D eigenvalue weighted by atomic mass is 16.5. The molecule has 1 saturated heterocycles. The van der Waals surface area contributed by atoms with Crippen LogP contribution in [0.25, 0.3) is 11.1 Å². The number of carbonyl (C=O) groups is 2. The van der Waals surface area contributed by atoms with Gasteiger partial charge in [0, 0.05) is 47.4 Å². The molecular formula is C31H42N4O4. The van der Waals surface area contributed by atoms with Crippen molar-refractivity contribution in [2.75, 3.05) is 11.4 Å². The van der Waals surface area contributed by atoms with Gasteiger partial charge in [0.1, 0.15) is 5.75 Å². The van der Waals surface area contributed by atoms with Gasteiger partial charge in [0.05, 0.1) is 24.0 Å². The monoisotopic (exact) mass is 534 g/mol. The largest absolute Gasteiger partial charge is 0.489 e. The number of aromatic nitrogens is 2. The van der Waals surface area contributed by atoms with E-state index in [0.717, 1.165) is 79.5 Å². The number of anilines is 1. The fourth-order valence-electron chi connectivity index (χ4n) is 6.60. The number of likely N-dealkylation sites (tertiary alicyclic amines) is 1. The molecule has 2 amide bonds. The summed E-state index contributed by atoms with van der Waals surface area (Å²) in [5.41, 5.74) is 4.07. The number of fused-ring (bicyclic) bond motifs is 1. The summed E-state index contributed by atoms with van der Waals surface area (Å²) in [6, 6.07) is 4.50. The zero-order valence-electron chi connectivity index (χ0n) is 23.7. The van der Waals surface area contributed by atoms with Crippen molar-refractivity contribution in [3.05, 3.63) is 30.1 Å². The van der Waals surface area contributed by atoms with Gasteiger partial charge in [-0.3, -0.25) is 9.48 Å². The minimum absolute atomic E-state index is 0.0698. The van der Waals surface area contributed by atoms with Crippen LogP contribution in [0.1, 0.15) is 90.7 Å². The maximum atomic E-state index is 13.3. The summed E-state index contributed by atoms with van der Waals surface area (Å²) in [4.78, 5) is 28.8. The number of ether oxygens (including phenoxy) is 1. The van der Waals surface area contributed by atoms with E-state index in [1.54, 1.807) is 4.90 Å². The lowest BCUT2D eigenvalue weighted by Crippen LogP contribution is -2.51. The van der Waals surface area contributed by atoms with Gasteiger partial charge in [-0.2, -0.15) is 5.10 Å². The van der Waals surface area contributed by atoms with Crippen LogP contribution in [-0.2, 0) is 11.2 Å². The van der Waals surface area contributed by atoms with E-state index >= 15 is 0 Å². The number of carbonyl (C=O) groups excluding carboxylic acids is 1. The first-order valence-electron chi connectivity index (χ1n) is 14.8. The lowest BCUT2D eigenvalue weighted by molar-refractivity contribution is -0.120. The predicted octanol–water partition coefficient (Wildman–Crippen LogP) is 6.29. The second-order valence-electron chi connectivity index (χ2n) is 13.2. The van der Waals surface area contributed by atoms with Gasteiger partial charge >= 0.3 is 6.09 Å². The minimum atomic E-state index is -0.843. The Morgan fingerprint density at radius 1 is 1.08 bits per heavy atom. The minimum Gasteiger partial charge on any atom is -0.489 e. The lowest BCUT2D eigenvalue weighted by Gasteiger charge is -2.44. The van der Waals surface area contributed by atoms with Gasteiger partial charge in [-0.1, -0.05) is 20.8 Å². The van der Waals surface area contributed by atoms with E-state index in [4.69, 9.17) is 9.84 Å². The quantitative estimate of drug-likeness (QED) is 0.487. The van der Waals surface area contributed by atoms with E-state index in [-0.39, 0.29) is 41.5 Å². The smallest absolute Gasteiger partial charge is 0.407 e. The Balaban J connectivity index is 1.33. The summed E-state index contributed by atoms with van der Waals surface area (Å²) < 4.78 is 8.72. The van der Waals surface area contributed by atoms with Crippen LogP contribution in [-0.4, -0.2) is 56.5 Å². The van der Waals surface area contributed by atoms with Gasteiger partial charge in [-0.15, -0.1) is 0 Å². The molecule has 0 bridgehead atoms. The first-order chi connectivity index (χ1) is 18.6. The molecule has 0 spiro atoms. The van der Waals surface area contributed by atoms with Crippen molar-refractivity contribution in [3.63, 3.8) is 0 Å².